The van der Waals surface area contributed by atoms with Crippen LogP contribution in [0, 0.1) is 0 Å². The van der Waals surface area contributed by atoms with Crippen molar-refractivity contribution in [1.82, 2.24) is 0 Å². The van der Waals surface area contributed by atoms with Gasteiger partial charge in [-0.2, -0.15) is 0 Å². The van der Waals surface area contributed by atoms with Crippen LogP contribution in [-0.2, 0) is 15.7 Å². The van der Waals surface area contributed by atoms with Gasteiger partial charge in [0.25, 0.3) is 0 Å². The number of benzene rings is 2. The van der Waals surface area contributed by atoms with Gasteiger partial charge >= 0.3 is 29.6 Å². The Balaban J connectivity index is 0.00000220. The molecule has 106 valence electrons. The minimum Gasteiger partial charge on any atom is -0.778 e. The Morgan fingerprint density at radius 2 is 1.57 bits per heavy atom. The van der Waals surface area contributed by atoms with Gasteiger partial charge in [0.15, 0.2) is 0 Å². The molecular weight excluding hydrogens is 298 g/mol. The normalized spacial score (nSPS) is 14.8. The molecule has 1 N–H and O–H groups in total. The summed E-state index contributed by atoms with van der Waals surface area (Å²) in [5.41, 5.74) is 1.34. The zero-order valence-corrected chi connectivity index (χ0v) is 14.8. The molecule has 0 bridgehead atoms. The molecule has 0 aliphatic carbocycles. The molecule has 0 radical (unpaired) electrons. The van der Waals surface area contributed by atoms with E-state index in [4.69, 9.17) is 4.52 Å². The first-order chi connectivity index (χ1) is 9.57. The molecule has 2 atom stereocenters. The van der Waals surface area contributed by atoms with Crippen LogP contribution in [0.25, 0.3) is 0 Å². The Morgan fingerprint density at radius 3 is 2.14 bits per heavy atom. The molecule has 0 aliphatic heterocycles. The molecule has 21 heavy (non-hydrogen) atoms. The minimum absolute atomic E-state index is 0. The summed E-state index contributed by atoms with van der Waals surface area (Å²) in [6, 6.07) is 17.7. The number of hydrogen-bond donors (Lipinski definition) is 1. The van der Waals surface area contributed by atoms with Gasteiger partial charge in [0.2, 0.25) is 0 Å². The van der Waals surface area contributed by atoms with Gasteiger partial charge in [0.1, 0.15) is 7.60 Å². The first-order valence-corrected chi connectivity index (χ1v) is 8.01. The average Bonchev–Trinajstić information content (AvgIpc) is 2.47. The van der Waals surface area contributed by atoms with E-state index in [-0.39, 0.29) is 36.2 Å². The Hall–Kier alpha value is -0.450. The third kappa shape index (κ3) is 6.45. The fourth-order valence-corrected chi connectivity index (χ4v) is 2.88. The van der Waals surface area contributed by atoms with Crippen molar-refractivity contribution in [2.45, 2.75) is 12.7 Å². The van der Waals surface area contributed by atoms with Gasteiger partial charge in [0.05, 0.1) is 12.7 Å². The van der Waals surface area contributed by atoms with Crippen molar-refractivity contribution in [3.05, 3.63) is 71.8 Å². The van der Waals surface area contributed by atoms with Gasteiger partial charge in [-0.05, 0) is 11.1 Å². The van der Waals surface area contributed by atoms with Crippen molar-refractivity contribution in [3.8, 4) is 0 Å². The summed E-state index contributed by atoms with van der Waals surface area (Å²) in [5.74, 6) is 0. The molecule has 0 aliphatic rings. The standard InChI is InChI=1S/C15H17O4P.Na/c16-15(14-9-5-2-6-10-14)12-20(17,18)19-11-13-7-3-1-4-8-13;/h1-10,15-16H,11-12H2,(H,17,18);/q;+1/p-1. The van der Waals surface area contributed by atoms with Crippen molar-refractivity contribution in [2.75, 3.05) is 6.16 Å². The number of aliphatic hydroxyl groups excluding tert-OH is 1. The minimum atomic E-state index is -4.08. The van der Waals surface area contributed by atoms with Crippen LogP contribution < -0.4 is 34.5 Å². The van der Waals surface area contributed by atoms with Crippen LogP contribution in [-0.4, -0.2) is 11.3 Å². The molecule has 0 amide bonds. The second-order valence-electron chi connectivity index (χ2n) is 4.48. The Labute approximate surface area is 146 Å². The van der Waals surface area contributed by atoms with E-state index in [1.807, 2.05) is 18.2 Å². The van der Waals surface area contributed by atoms with Crippen molar-refractivity contribution in [3.63, 3.8) is 0 Å². The SMILES string of the molecule is O=P([O-])(CC(O)c1ccccc1)OCc1ccccc1.[Na+]. The van der Waals surface area contributed by atoms with Crippen LogP contribution >= 0.6 is 7.60 Å². The second-order valence-corrected chi connectivity index (χ2v) is 6.32. The van der Waals surface area contributed by atoms with E-state index in [0.717, 1.165) is 5.56 Å². The van der Waals surface area contributed by atoms with E-state index >= 15 is 0 Å². The van der Waals surface area contributed by atoms with Gasteiger partial charge in [-0.15, -0.1) is 0 Å². The van der Waals surface area contributed by atoms with Crippen molar-refractivity contribution in [2.24, 2.45) is 0 Å². The van der Waals surface area contributed by atoms with E-state index in [2.05, 4.69) is 0 Å². The summed E-state index contributed by atoms with van der Waals surface area (Å²) in [4.78, 5) is 11.8. The molecule has 0 spiro atoms. The van der Waals surface area contributed by atoms with E-state index in [1.165, 1.54) is 0 Å². The summed E-state index contributed by atoms with van der Waals surface area (Å²) >= 11 is 0. The Morgan fingerprint density at radius 1 is 1.05 bits per heavy atom. The largest absolute Gasteiger partial charge is 1.00 e. The summed E-state index contributed by atoms with van der Waals surface area (Å²) in [6.45, 7) is -0.0108. The van der Waals surface area contributed by atoms with Crippen LogP contribution in [0.5, 0.6) is 0 Å². The van der Waals surface area contributed by atoms with E-state index in [9.17, 15) is 14.6 Å². The third-order valence-corrected chi connectivity index (χ3v) is 4.17. The van der Waals surface area contributed by atoms with Gasteiger partial charge in [-0.25, -0.2) is 0 Å². The van der Waals surface area contributed by atoms with E-state index in [1.54, 1.807) is 42.5 Å². The molecule has 0 fully saturated rings. The molecule has 2 unspecified atom stereocenters. The monoisotopic (exact) mass is 314 g/mol. The maximum Gasteiger partial charge on any atom is 1.00 e. The summed E-state index contributed by atoms with van der Waals surface area (Å²) in [6.07, 6.45) is -1.50. The van der Waals surface area contributed by atoms with Crippen LogP contribution in [0.1, 0.15) is 17.2 Å². The maximum atomic E-state index is 11.8. The molecular formula is C15H16NaO4P. The average molecular weight is 314 g/mol. The molecule has 2 aromatic carbocycles. The van der Waals surface area contributed by atoms with Crippen LogP contribution in [0.2, 0.25) is 0 Å². The summed E-state index contributed by atoms with van der Waals surface area (Å²) < 4.78 is 16.8. The zero-order chi connectivity index (χ0) is 14.4. The van der Waals surface area contributed by atoms with Gasteiger partial charge in [0, 0.05) is 6.16 Å². The molecule has 0 heterocycles. The molecule has 6 heteroatoms. The second kappa shape index (κ2) is 8.86. The quantitative estimate of drug-likeness (QED) is 0.576. The fraction of sp³-hybridized carbons (Fsp3) is 0.200. The van der Waals surface area contributed by atoms with Crippen molar-refractivity contribution >= 4 is 7.60 Å². The Kier molecular flexibility index (Phi) is 7.85. The van der Waals surface area contributed by atoms with E-state index < -0.39 is 19.9 Å². The molecule has 2 aromatic rings. The Bertz CT molecular complexity index is 577. The number of rotatable bonds is 6. The molecule has 0 aromatic heterocycles. The predicted octanol–water partition coefficient (Wildman–Crippen LogP) is -0.506. The molecule has 4 nitrogen and oxygen atoms in total. The fourth-order valence-electron chi connectivity index (χ4n) is 1.79. The van der Waals surface area contributed by atoms with Crippen LogP contribution in [0.15, 0.2) is 60.7 Å². The van der Waals surface area contributed by atoms with Gasteiger partial charge < -0.3 is 19.1 Å². The van der Waals surface area contributed by atoms with Crippen LogP contribution in [0.4, 0.5) is 0 Å². The smallest absolute Gasteiger partial charge is 0.778 e. The first-order valence-electron chi connectivity index (χ1n) is 6.28. The number of hydrogen-bond acceptors (Lipinski definition) is 4. The van der Waals surface area contributed by atoms with E-state index in [0.29, 0.717) is 5.56 Å². The molecule has 0 saturated heterocycles. The predicted molar refractivity (Wildman–Crippen MR) is 75.1 cm³/mol. The summed E-state index contributed by atoms with van der Waals surface area (Å²) in [7, 11) is -4.08. The van der Waals surface area contributed by atoms with Crippen molar-refractivity contribution in [1.29, 1.82) is 0 Å². The zero-order valence-electron chi connectivity index (χ0n) is 11.9. The maximum absolute atomic E-state index is 11.8. The third-order valence-electron chi connectivity index (χ3n) is 2.85. The summed E-state index contributed by atoms with van der Waals surface area (Å²) in [5, 5.41) is 9.90. The van der Waals surface area contributed by atoms with Crippen LogP contribution in [0.3, 0.4) is 0 Å². The van der Waals surface area contributed by atoms with Crippen molar-refractivity contribution < 1.29 is 48.6 Å². The first kappa shape index (κ1) is 18.6. The molecule has 2 rings (SSSR count). The molecule has 0 saturated carbocycles. The van der Waals surface area contributed by atoms with Gasteiger partial charge in [-0.1, -0.05) is 60.7 Å². The topological polar surface area (TPSA) is 69.6 Å². The number of aliphatic hydroxyl groups is 1. The van der Waals surface area contributed by atoms with Gasteiger partial charge in [-0.3, -0.25) is 0 Å².